The summed E-state index contributed by atoms with van der Waals surface area (Å²) in [4.78, 5) is 11.8. The van der Waals surface area contributed by atoms with Crippen LogP contribution in [0.4, 0.5) is 13.2 Å². The number of carbonyl (C=O) groups is 1. The van der Waals surface area contributed by atoms with Crippen LogP contribution in [0, 0.1) is 5.41 Å². The van der Waals surface area contributed by atoms with E-state index >= 15 is 0 Å². The number of aliphatic hydroxyl groups excluding tert-OH is 1. The van der Waals surface area contributed by atoms with Crippen LogP contribution in [0.3, 0.4) is 0 Å². The lowest BCUT2D eigenvalue weighted by atomic mass is 9.95. The van der Waals surface area contributed by atoms with Crippen molar-refractivity contribution in [1.29, 1.82) is 0 Å². The van der Waals surface area contributed by atoms with Crippen LogP contribution in [0.1, 0.15) is 24.2 Å². The van der Waals surface area contributed by atoms with Gasteiger partial charge >= 0.3 is 5.51 Å². The smallest absolute Gasteiger partial charge is 0.396 e. The molecule has 0 saturated carbocycles. The third-order valence-corrected chi connectivity index (χ3v) is 3.32. The summed E-state index contributed by atoms with van der Waals surface area (Å²) in [7, 11) is 0. The quantitative estimate of drug-likeness (QED) is 0.822. The summed E-state index contributed by atoms with van der Waals surface area (Å²) in [6.45, 7) is 3.52. The highest BCUT2D eigenvalue weighted by Gasteiger charge is 2.31. The number of rotatable bonds is 5. The molecule has 0 fully saturated rings. The summed E-state index contributed by atoms with van der Waals surface area (Å²) in [6.07, 6.45) is 0. The number of hydrogen-bond donors (Lipinski definition) is 2. The summed E-state index contributed by atoms with van der Waals surface area (Å²) >= 11 is -0.315. The molecule has 1 rings (SSSR count). The maximum Gasteiger partial charge on any atom is 0.446 e. The van der Waals surface area contributed by atoms with E-state index in [0.29, 0.717) is 0 Å². The highest BCUT2D eigenvalue weighted by atomic mass is 32.2. The third-order valence-electron chi connectivity index (χ3n) is 2.51. The van der Waals surface area contributed by atoms with Gasteiger partial charge in [-0.2, -0.15) is 13.2 Å². The molecule has 0 bridgehead atoms. The molecule has 0 heterocycles. The van der Waals surface area contributed by atoms with E-state index < -0.39 is 16.8 Å². The van der Waals surface area contributed by atoms with E-state index in [0.717, 1.165) is 0 Å². The maximum absolute atomic E-state index is 12.4. The molecule has 1 aromatic carbocycles. The van der Waals surface area contributed by atoms with E-state index in [1.807, 2.05) is 0 Å². The van der Waals surface area contributed by atoms with Crippen molar-refractivity contribution < 1.29 is 23.1 Å². The Labute approximate surface area is 119 Å². The highest BCUT2D eigenvalue weighted by Crippen LogP contribution is 2.38. The van der Waals surface area contributed by atoms with Crippen molar-refractivity contribution in [3.8, 4) is 0 Å². The van der Waals surface area contributed by atoms with Crippen molar-refractivity contribution in [2.75, 3.05) is 13.2 Å². The predicted octanol–water partition coefficient (Wildman–Crippen LogP) is 3.05. The number of hydrogen-bond acceptors (Lipinski definition) is 3. The molecule has 0 radical (unpaired) electrons. The van der Waals surface area contributed by atoms with Gasteiger partial charge in [0.1, 0.15) is 0 Å². The summed E-state index contributed by atoms with van der Waals surface area (Å²) < 4.78 is 37.2. The Hall–Kier alpha value is -1.21. The zero-order chi connectivity index (χ0) is 15.4. The van der Waals surface area contributed by atoms with E-state index in [2.05, 4.69) is 5.32 Å². The van der Waals surface area contributed by atoms with Crippen LogP contribution in [-0.4, -0.2) is 29.7 Å². The third kappa shape index (κ3) is 5.42. The molecule has 0 aliphatic heterocycles. The second kappa shape index (κ2) is 6.49. The molecule has 112 valence electrons. The Morgan fingerprint density at radius 1 is 1.30 bits per heavy atom. The lowest BCUT2D eigenvalue weighted by molar-refractivity contribution is -0.0328. The summed E-state index contributed by atoms with van der Waals surface area (Å²) in [6, 6.07) is 5.55. The van der Waals surface area contributed by atoms with Gasteiger partial charge in [0.15, 0.2) is 0 Å². The van der Waals surface area contributed by atoms with E-state index in [-0.39, 0.29) is 35.4 Å². The predicted molar refractivity (Wildman–Crippen MR) is 71.6 cm³/mol. The zero-order valence-electron chi connectivity index (χ0n) is 11.1. The van der Waals surface area contributed by atoms with Crippen molar-refractivity contribution in [3.63, 3.8) is 0 Å². The molecular formula is C13H16F3NO2S. The number of amides is 1. The standard InChI is InChI=1S/C13H16F3NO2S/c1-12(2,8-18)7-17-11(19)9-5-3-4-6-10(9)20-13(14,15)16/h3-6,18H,7-8H2,1-2H3,(H,17,19). The second-order valence-corrected chi connectivity index (χ2v) is 6.16. The highest BCUT2D eigenvalue weighted by molar-refractivity contribution is 8.00. The number of carbonyl (C=O) groups excluding carboxylic acids is 1. The molecule has 1 amide bonds. The van der Waals surface area contributed by atoms with Crippen LogP contribution in [0.15, 0.2) is 29.2 Å². The molecule has 0 atom stereocenters. The van der Waals surface area contributed by atoms with Crippen molar-refractivity contribution in [2.24, 2.45) is 5.41 Å². The van der Waals surface area contributed by atoms with Gasteiger partial charge in [-0.05, 0) is 23.9 Å². The summed E-state index contributed by atoms with van der Waals surface area (Å²) in [5.41, 5.74) is -4.99. The van der Waals surface area contributed by atoms with Crippen LogP contribution < -0.4 is 5.32 Å². The molecule has 2 N–H and O–H groups in total. The molecule has 0 aliphatic carbocycles. The Bertz CT molecular complexity index is 475. The van der Waals surface area contributed by atoms with Crippen molar-refractivity contribution in [1.82, 2.24) is 5.32 Å². The van der Waals surface area contributed by atoms with Gasteiger partial charge < -0.3 is 10.4 Å². The first-order chi connectivity index (χ1) is 9.14. The van der Waals surface area contributed by atoms with Crippen molar-refractivity contribution >= 4 is 17.7 Å². The topological polar surface area (TPSA) is 49.3 Å². The Kier molecular flexibility index (Phi) is 5.47. The van der Waals surface area contributed by atoms with E-state index in [1.165, 1.54) is 24.3 Å². The van der Waals surface area contributed by atoms with Crippen LogP contribution >= 0.6 is 11.8 Å². The molecule has 20 heavy (non-hydrogen) atoms. The average Bonchev–Trinajstić information content (AvgIpc) is 2.35. The van der Waals surface area contributed by atoms with Gasteiger partial charge in [0, 0.05) is 23.5 Å². The molecule has 0 saturated heterocycles. The fourth-order valence-electron chi connectivity index (χ4n) is 1.34. The number of aliphatic hydroxyl groups is 1. The largest absolute Gasteiger partial charge is 0.446 e. The first kappa shape index (κ1) is 16.8. The van der Waals surface area contributed by atoms with E-state index in [9.17, 15) is 18.0 Å². The molecule has 0 aromatic heterocycles. The Morgan fingerprint density at radius 3 is 2.45 bits per heavy atom. The molecule has 1 aromatic rings. The number of thioether (sulfide) groups is 1. The van der Waals surface area contributed by atoms with Gasteiger partial charge in [0.25, 0.3) is 5.91 Å². The zero-order valence-corrected chi connectivity index (χ0v) is 11.9. The molecular weight excluding hydrogens is 291 g/mol. The number of benzene rings is 1. The van der Waals surface area contributed by atoms with Crippen LogP contribution in [0.2, 0.25) is 0 Å². The van der Waals surface area contributed by atoms with Crippen molar-refractivity contribution in [3.05, 3.63) is 29.8 Å². The Balaban J connectivity index is 2.83. The van der Waals surface area contributed by atoms with Crippen LogP contribution in [0.25, 0.3) is 0 Å². The number of nitrogens with one attached hydrogen (secondary N) is 1. The van der Waals surface area contributed by atoms with Crippen LogP contribution in [-0.2, 0) is 0 Å². The summed E-state index contributed by atoms with van der Waals surface area (Å²) in [5, 5.41) is 11.6. The first-order valence-corrected chi connectivity index (χ1v) is 6.70. The van der Waals surface area contributed by atoms with E-state index in [4.69, 9.17) is 5.11 Å². The second-order valence-electron chi connectivity index (χ2n) is 5.05. The normalized spacial score (nSPS) is 12.3. The summed E-state index contributed by atoms with van der Waals surface area (Å²) in [5.74, 6) is -0.584. The molecule has 0 unspecified atom stereocenters. The van der Waals surface area contributed by atoms with Crippen LogP contribution in [0.5, 0.6) is 0 Å². The number of halogens is 3. The lowest BCUT2D eigenvalue weighted by Crippen LogP contribution is -2.36. The van der Waals surface area contributed by atoms with Crippen molar-refractivity contribution in [2.45, 2.75) is 24.3 Å². The molecule has 3 nitrogen and oxygen atoms in total. The van der Waals surface area contributed by atoms with Gasteiger partial charge in [-0.3, -0.25) is 4.79 Å². The molecule has 0 spiro atoms. The fraction of sp³-hybridized carbons (Fsp3) is 0.462. The van der Waals surface area contributed by atoms with Gasteiger partial charge in [-0.25, -0.2) is 0 Å². The Morgan fingerprint density at radius 2 is 1.90 bits per heavy atom. The minimum atomic E-state index is -4.44. The fourth-order valence-corrected chi connectivity index (χ4v) is 2.01. The first-order valence-electron chi connectivity index (χ1n) is 5.88. The van der Waals surface area contributed by atoms with E-state index in [1.54, 1.807) is 13.8 Å². The van der Waals surface area contributed by atoms with Gasteiger partial charge in [0.2, 0.25) is 0 Å². The number of alkyl halides is 3. The molecule has 7 heteroatoms. The SMILES string of the molecule is CC(C)(CO)CNC(=O)c1ccccc1SC(F)(F)F. The minimum absolute atomic E-state index is 0.0245. The van der Waals surface area contributed by atoms with Gasteiger partial charge in [-0.15, -0.1) is 0 Å². The van der Waals surface area contributed by atoms with Gasteiger partial charge in [0.05, 0.1) is 5.56 Å². The monoisotopic (exact) mass is 307 g/mol. The average molecular weight is 307 g/mol. The lowest BCUT2D eigenvalue weighted by Gasteiger charge is -2.22. The van der Waals surface area contributed by atoms with Gasteiger partial charge in [-0.1, -0.05) is 26.0 Å². The maximum atomic E-state index is 12.4. The molecule has 0 aliphatic rings. The minimum Gasteiger partial charge on any atom is -0.396 e.